The molecule has 368 valence electrons. The number of phenolic OH excluding ortho intramolecular Hbond substituents is 2. The summed E-state index contributed by atoms with van der Waals surface area (Å²) in [4.78, 5) is 0. The highest BCUT2D eigenvalue weighted by molar-refractivity contribution is 14.1. The smallest absolute Gasteiger partial charge is 0.138 e. The second-order valence-electron chi connectivity index (χ2n) is 18.2. The van der Waals surface area contributed by atoms with Crippen LogP contribution in [0.5, 0.6) is 11.5 Å². The van der Waals surface area contributed by atoms with Crippen LogP contribution in [0.1, 0.15) is 70.6 Å². The molecule has 0 bridgehead atoms. The van der Waals surface area contributed by atoms with Gasteiger partial charge in [0.1, 0.15) is 60.3 Å². The fourth-order valence-corrected chi connectivity index (χ4v) is 10.1. The molecule has 2 aliphatic rings. The van der Waals surface area contributed by atoms with Gasteiger partial charge in [0.25, 0.3) is 0 Å². The molecule has 0 aliphatic carbocycles. The third kappa shape index (κ3) is 12.8. The first-order valence-corrected chi connectivity index (χ1v) is 25.4. The Morgan fingerprint density at radius 1 is 0.352 bits per heavy atom. The van der Waals surface area contributed by atoms with E-state index in [1.54, 1.807) is 6.07 Å². The summed E-state index contributed by atoms with van der Waals surface area (Å²) in [5.74, 6) is -0.288. The quantitative estimate of drug-likeness (QED) is 0.0715. The van der Waals surface area contributed by atoms with E-state index in [0.717, 1.165) is 33.4 Å². The van der Waals surface area contributed by atoms with Crippen LogP contribution in [-0.4, -0.2) is 59.0 Å². The fraction of sp³-hybridized carbons (Fsp3) is 0.300. The van der Waals surface area contributed by atoms with Gasteiger partial charge in [0.2, 0.25) is 0 Å². The molecule has 0 unspecified atom stereocenters. The minimum Gasteiger partial charge on any atom is -0.506 e. The van der Waals surface area contributed by atoms with Crippen LogP contribution < -0.4 is 0 Å². The highest BCUT2D eigenvalue weighted by Crippen LogP contribution is 2.49. The van der Waals surface area contributed by atoms with E-state index in [4.69, 9.17) is 37.9 Å². The molecule has 11 heteroatoms. The van der Waals surface area contributed by atoms with Gasteiger partial charge in [-0.15, -0.1) is 0 Å². The zero-order chi connectivity index (χ0) is 48.9. The van der Waals surface area contributed by atoms with Crippen LogP contribution >= 0.6 is 22.6 Å². The average molecular weight is 1070 g/mol. The number of halogens is 1. The van der Waals surface area contributed by atoms with Crippen molar-refractivity contribution in [2.45, 2.75) is 115 Å². The maximum atomic E-state index is 12.3. The molecule has 0 aromatic heterocycles. The Morgan fingerprint density at radius 2 is 0.577 bits per heavy atom. The number of hydrogen-bond acceptors (Lipinski definition) is 10. The summed E-state index contributed by atoms with van der Waals surface area (Å²) in [7, 11) is 0. The van der Waals surface area contributed by atoms with Crippen LogP contribution in [0.4, 0.5) is 0 Å². The lowest BCUT2D eigenvalue weighted by molar-refractivity contribution is -0.265. The van der Waals surface area contributed by atoms with Crippen molar-refractivity contribution in [3.8, 4) is 11.5 Å². The number of rotatable bonds is 20. The highest BCUT2D eigenvalue weighted by Gasteiger charge is 2.51. The van der Waals surface area contributed by atoms with Crippen LogP contribution in [0, 0.1) is 3.57 Å². The Balaban J connectivity index is 1.12. The Morgan fingerprint density at radius 3 is 0.831 bits per heavy atom. The molecule has 0 amide bonds. The molecule has 2 N–H and O–H groups in total. The van der Waals surface area contributed by atoms with Crippen molar-refractivity contribution < 1.29 is 48.1 Å². The molecule has 2 saturated heterocycles. The Bertz CT molecular complexity index is 2500. The van der Waals surface area contributed by atoms with Gasteiger partial charge < -0.3 is 48.1 Å². The lowest BCUT2D eigenvalue weighted by Gasteiger charge is -2.47. The number of phenols is 2. The summed E-state index contributed by atoms with van der Waals surface area (Å²) in [6.07, 6.45) is -7.05. The van der Waals surface area contributed by atoms with E-state index in [0.29, 0.717) is 24.3 Å². The van der Waals surface area contributed by atoms with Crippen molar-refractivity contribution in [3.05, 3.63) is 236 Å². The van der Waals surface area contributed by atoms with E-state index >= 15 is 0 Å². The molecule has 0 spiro atoms. The topological polar surface area (TPSA) is 114 Å². The Kier molecular flexibility index (Phi) is 17.6. The first-order chi connectivity index (χ1) is 34.8. The summed E-state index contributed by atoms with van der Waals surface area (Å²) in [5.41, 5.74) is 6.66. The molecule has 71 heavy (non-hydrogen) atoms. The van der Waals surface area contributed by atoms with E-state index < -0.39 is 61.0 Å². The number of aromatic hydroxyl groups is 2. The van der Waals surface area contributed by atoms with Gasteiger partial charge in [-0.05, 0) is 75.9 Å². The van der Waals surface area contributed by atoms with Crippen molar-refractivity contribution in [3.63, 3.8) is 0 Å². The predicted molar refractivity (Wildman–Crippen MR) is 279 cm³/mol. The lowest BCUT2D eigenvalue weighted by Crippen LogP contribution is -2.56. The van der Waals surface area contributed by atoms with Crippen molar-refractivity contribution >= 4 is 22.6 Å². The number of benzene rings is 7. The SMILES string of the molecule is C[C@@H]1O[C@H](c2cc([C@H]3O[C@@H](C)[C@H](OCc4ccccc4)[C@@H](OCc4ccccc4)[C@H]3OCc3ccccc3)c(O)c(I)c2O)[C@H](OCc2ccccc2)[C@H](OCc2ccccc2)[C@H]1OCc1ccccc1. The van der Waals surface area contributed by atoms with E-state index in [9.17, 15) is 10.2 Å². The number of hydrogen-bond donors (Lipinski definition) is 2. The van der Waals surface area contributed by atoms with Crippen molar-refractivity contribution in [1.29, 1.82) is 0 Å². The van der Waals surface area contributed by atoms with Gasteiger partial charge in [-0.1, -0.05) is 182 Å². The number of ether oxygens (including phenoxy) is 8. The summed E-state index contributed by atoms with van der Waals surface area (Å²) in [6, 6.07) is 61.6. The van der Waals surface area contributed by atoms with E-state index in [1.807, 2.05) is 218 Å². The highest BCUT2D eigenvalue weighted by atomic mass is 127. The van der Waals surface area contributed by atoms with Gasteiger partial charge in [-0.3, -0.25) is 0 Å². The molecular formula is C60H61IO10. The standard InChI is InChI=1S/C60H61IO10/c1-40-53(64-34-42-21-9-3-10-22-42)57(66-36-44-25-13-5-14-26-44)59(68-38-46-29-17-7-18-30-46)55(70-40)48-33-49(52(63)50(61)51(48)62)56-60(69-39-47-31-19-8-20-32-47)58(67-37-45-27-15-6-16-28-45)54(41(2)71-56)65-35-43-23-11-4-12-24-43/h3-33,40-41,53-60,62-63H,34-39H2,1-2H3/t40-,41-,53-,54-,55+,56+,57+,58+,59-,60-/m0/s1. The third-order valence-corrected chi connectivity index (χ3v) is 14.2. The Labute approximate surface area is 430 Å². The van der Waals surface area contributed by atoms with Crippen molar-refractivity contribution in [2.75, 3.05) is 0 Å². The molecule has 7 aromatic rings. The van der Waals surface area contributed by atoms with Crippen LogP contribution in [0.2, 0.25) is 0 Å². The molecule has 0 saturated carbocycles. The largest absolute Gasteiger partial charge is 0.506 e. The van der Waals surface area contributed by atoms with Gasteiger partial charge in [-0.25, -0.2) is 0 Å². The molecule has 2 aliphatic heterocycles. The normalized spacial score (nSPS) is 24.4. The second kappa shape index (κ2) is 24.8. The summed E-state index contributed by atoms with van der Waals surface area (Å²) < 4.78 is 55.6. The van der Waals surface area contributed by atoms with Crippen LogP contribution in [-0.2, 0) is 77.5 Å². The van der Waals surface area contributed by atoms with Gasteiger partial charge >= 0.3 is 0 Å². The summed E-state index contributed by atoms with van der Waals surface area (Å²) in [5, 5.41) is 24.6. The van der Waals surface area contributed by atoms with E-state index in [2.05, 4.69) is 0 Å². The molecule has 0 radical (unpaired) electrons. The zero-order valence-corrected chi connectivity index (χ0v) is 42.1. The van der Waals surface area contributed by atoms with Gasteiger partial charge in [0.15, 0.2) is 0 Å². The fourth-order valence-electron chi connectivity index (χ4n) is 9.43. The van der Waals surface area contributed by atoms with Crippen LogP contribution in [0.25, 0.3) is 0 Å². The minimum atomic E-state index is -0.907. The van der Waals surface area contributed by atoms with Gasteiger partial charge in [0.05, 0.1) is 55.4 Å². The second-order valence-corrected chi connectivity index (χ2v) is 19.2. The molecule has 2 fully saturated rings. The first kappa shape index (κ1) is 50.5. The molecule has 7 aromatic carbocycles. The summed E-state index contributed by atoms with van der Waals surface area (Å²) in [6.45, 7) is 5.56. The molecule has 10 nitrogen and oxygen atoms in total. The maximum absolute atomic E-state index is 12.3. The van der Waals surface area contributed by atoms with Gasteiger partial charge in [-0.2, -0.15) is 0 Å². The van der Waals surface area contributed by atoms with Gasteiger partial charge in [0, 0.05) is 11.1 Å². The third-order valence-electron chi connectivity index (χ3n) is 13.1. The zero-order valence-electron chi connectivity index (χ0n) is 40.0. The maximum Gasteiger partial charge on any atom is 0.138 e. The molecular weight excluding hydrogens is 1010 g/mol. The van der Waals surface area contributed by atoms with E-state index in [-0.39, 0.29) is 41.5 Å². The van der Waals surface area contributed by atoms with Crippen LogP contribution in [0.3, 0.4) is 0 Å². The van der Waals surface area contributed by atoms with E-state index in [1.165, 1.54) is 0 Å². The summed E-state index contributed by atoms with van der Waals surface area (Å²) >= 11 is 2.00. The molecule has 10 atom stereocenters. The van der Waals surface area contributed by atoms with Crippen LogP contribution in [0.15, 0.2) is 188 Å². The molecule has 2 heterocycles. The van der Waals surface area contributed by atoms with Crippen molar-refractivity contribution in [1.82, 2.24) is 0 Å². The van der Waals surface area contributed by atoms with Crippen molar-refractivity contribution in [2.24, 2.45) is 0 Å². The lowest BCUT2D eigenvalue weighted by atomic mass is 9.86. The minimum absolute atomic E-state index is 0.144. The molecule has 9 rings (SSSR count). The first-order valence-electron chi connectivity index (χ1n) is 24.3. The Hall–Kier alpha value is -5.45. The average Bonchev–Trinajstić information content (AvgIpc) is 3.41. The predicted octanol–water partition coefficient (Wildman–Crippen LogP) is 12.1. The monoisotopic (exact) mass is 1070 g/mol.